The Morgan fingerprint density at radius 3 is 2.83 bits per heavy atom. The van der Waals surface area contributed by atoms with E-state index in [4.69, 9.17) is 4.98 Å². The van der Waals surface area contributed by atoms with E-state index in [1.54, 1.807) is 0 Å². The maximum absolute atomic E-state index is 12.4. The molecule has 1 atom stereocenters. The molecule has 0 saturated carbocycles. The first-order valence-electron chi connectivity index (χ1n) is 8.65. The molecule has 4 rings (SSSR count). The number of likely N-dealkylation sites (tertiary alicyclic amines) is 2. The minimum absolute atomic E-state index is 0.312. The second kappa shape index (κ2) is 6.57. The van der Waals surface area contributed by atoms with E-state index in [1.807, 2.05) is 22.3 Å². The zero-order chi connectivity index (χ0) is 15.6. The van der Waals surface area contributed by atoms with E-state index in [2.05, 4.69) is 23.1 Å². The number of hydrogen-bond acceptors (Lipinski definition) is 4. The highest BCUT2D eigenvalue weighted by Crippen LogP contribution is 2.32. The Bertz CT molecular complexity index is 659. The van der Waals surface area contributed by atoms with Crippen LogP contribution in [-0.2, 0) is 4.79 Å². The molecule has 4 nitrogen and oxygen atoms in total. The van der Waals surface area contributed by atoms with Gasteiger partial charge in [0.1, 0.15) is 0 Å². The molecule has 2 aromatic rings. The van der Waals surface area contributed by atoms with Gasteiger partial charge in [-0.2, -0.15) is 0 Å². The van der Waals surface area contributed by atoms with Gasteiger partial charge in [-0.1, -0.05) is 12.1 Å². The van der Waals surface area contributed by atoms with Crippen molar-refractivity contribution in [2.45, 2.75) is 31.6 Å². The average Bonchev–Trinajstić information content (AvgIpc) is 3.24. The predicted molar refractivity (Wildman–Crippen MR) is 93.8 cm³/mol. The van der Waals surface area contributed by atoms with Crippen LogP contribution in [0.1, 0.15) is 36.6 Å². The number of carbonyl (C=O) groups excluding carboxylic acids is 1. The zero-order valence-corrected chi connectivity index (χ0v) is 14.2. The number of thiazole rings is 1. The van der Waals surface area contributed by atoms with Crippen LogP contribution < -0.4 is 0 Å². The summed E-state index contributed by atoms with van der Waals surface area (Å²) in [5.41, 5.74) is 1.11. The Labute approximate surface area is 141 Å². The lowest BCUT2D eigenvalue weighted by Crippen LogP contribution is -2.42. The highest BCUT2D eigenvalue weighted by atomic mass is 32.1. The van der Waals surface area contributed by atoms with E-state index in [0.29, 0.717) is 18.4 Å². The molecule has 2 aliphatic heterocycles. The number of nitrogens with zero attached hydrogens (tertiary/aromatic N) is 3. The second-order valence-corrected chi connectivity index (χ2v) is 7.74. The van der Waals surface area contributed by atoms with Crippen LogP contribution in [0.25, 0.3) is 10.2 Å². The number of benzene rings is 1. The van der Waals surface area contributed by atoms with E-state index >= 15 is 0 Å². The number of amides is 1. The lowest BCUT2D eigenvalue weighted by molar-refractivity contribution is -0.131. The fourth-order valence-electron chi connectivity index (χ4n) is 3.72. The Kier molecular flexibility index (Phi) is 4.31. The highest BCUT2D eigenvalue weighted by molar-refractivity contribution is 7.18. The van der Waals surface area contributed by atoms with Crippen LogP contribution in [0.4, 0.5) is 0 Å². The van der Waals surface area contributed by atoms with Crippen molar-refractivity contribution in [1.82, 2.24) is 14.8 Å². The van der Waals surface area contributed by atoms with Gasteiger partial charge in [-0.05, 0) is 44.4 Å². The van der Waals surface area contributed by atoms with Gasteiger partial charge in [0.05, 0.1) is 21.8 Å². The molecule has 0 spiro atoms. The fourth-order valence-corrected chi connectivity index (χ4v) is 4.82. The van der Waals surface area contributed by atoms with Gasteiger partial charge in [-0.3, -0.25) is 9.69 Å². The number of aromatic nitrogens is 1. The summed E-state index contributed by atoms with van der Waals surface area (Å²) in [6.07, 6.45) is 4.68. The second-order valence-electron chi connectivity index (χ2n) is 6.68. The molecule has 3 heterocycles. The van der Waals surface area contributed by atoms with Crippen molar-refractivity contribution in [1.29, 1.82) is 0 Å². The SMILES string of the molecule is O=C(CN1CCC[C@@H](c2nc3ccccc3s2)C1)N1CCCC1. The quantitative estimate of drug-likeness (QED) is 0.868. The summed E-state index contributed by atoms with van der Waals surface area (Å²) in [5, 5.41) is 1.24. The molecular weight excluding hydrogens is 306 g/mol. The van der Waals surface area contributed by atoms with Gasteiger partial charge in [0, 0.05) is 25.6 Å². The van der Waals surface area contributed by atoms with E-state index in [-0.39, 0.29) is 0 Å². The van der Waals surface area contributed by atoms with Crippen molar-refractivity contribution in [2.75, 3.05) is 32.7 Å². The summed E-state index contributed by atoms with van der Waals surface area (Å²) in [6.45, 7) is 4.50. The molecule has 2 aliphatic rings. The third kappa shape index (κ3) is 3.26. The van der Waals surface area contributed by atoms with Crippen molar-refractivity contribution >= 4 is 27.5 Å². The Morgan fingerprint density at radius 1 is 1.17 bits per heavy atom. The van der Waals surface area contributed by atoms with Gasteiger partial charge in [0.15, 0.2) is 0 Å². The van der Waals surface area contributed by atoms with Crippen LogP contribution in [-0.4, -0.2) is 53.4 Å². The Morgan fingerprint density at radius 2 is 2.00 bits per heavy atom. The molecule has 1 aromatic carbocycles. The fraction of sp³-hybridized carbons (Fsp3) is 0.556. The number of hydrogen-bond donors (Lipinski definition) is 0. The maximum Gasteiger partial charge on any atom is 0.236 e. The molecule has 2 fully saturated rings. The van der Waals surface area contributed by atoms with Gasteiger partial charge in [0.25, 0.3) is 0 Å². The first-order valence-corrected chi connectivity index (χ1v) is 9.47. The number of piperidine rings is 1. The molecule has 5 heteroatoms. The lowest BCUT2D eigenvalue weighted by atomic mass is 9.99. The Balaban J connectivity index is 1.43. The van der Waals surface area contributed by atoms with E-state index in [0.717, 1.165) is 38.1 Å². The van der Waals surface area contributed by atoms with E-state index in [1.165, 1.54) is 29.0 Å². The van der Waals surface area contributed by atoms with E-state index in [9.17, 15) is 4.79 Å². The predicted octanol–water partition coefficient (Wildman–Crippen LogP) is 3.10. The van der Waals surface area contributed by atoms with Crippen LogP contribution in [0.5, 0.6) is 0 Å². The normalized spacial score (nSPS) is 22.8. The summed E-state index contributed by atoms with van der Waals surface area (Å²) in [6, 6.07) is 8.36. The molecule has 0 radical (unpaired) electrons. The number of para-hydroxylation sites is 1. The van der Waals surface area contributed by atoms with Crippen LogP contribution in [0, 0.1) is 0 Å². The molecular formula is C18H23N3OS. The first kappa shape index (κ1) is 15.1. The number of rotatable bonds is 3. The average molecular weight is 329 g/mol. The summed E-state index contributed by atoms with van der Waals surface area (Å²) in [5.74, 6) is 0.792. The third-order valence-electron chi connectivity index (χ3n) is 4.98. The molecule has 1 aromatic heterocycles. The Hall–Kier alpha value is -1.46. The van der Waals surface area contributed by atoms with Crippen molar-refractivity contribution in [3.8, 4) is 0 Å². The largest absolute Gasteiger partial charge is 0.342 e. The number of carbonyl (C=O) groups is 1. The summed E-state index contributed by atoms with van der Waals surface area (Å²) >= 11 is 1.82. The topological polar surface area (TPSA) is 36.4 Å². The van der Waals surface area contributed by atoms with Crippen LogP contribution in [0.15, 0.2) is 24.3 Å². The minimum Gasteiger partial charge on any atom is -0.342 e. The molecule has 23 heavy (non-hydrogen) atoms. The monoisotopic (exact) mass is 329 g/mol. The minimum atomic E-state index is 0.312. The molecule has 0 unspecified atom stereocenters. The van der Waals surface area contributed by atoms with Crippen LogP contribution in [0.3, 0.4) is 0 Å². The van der Waals surface area contributed by atoms with Crippen molar-refractivity contribution in [3.63, 3.8) is 0 Å². The molecule has 0 N–H and O–H groups in total. The molecule has 0 bridgehead atoms. The van der Waals surface area contributed by atoms with Crippen molar-refractivity contribution in [2.24, 2.45) is 0 Å². The van der Waals surface area contributed by atoms with E-state index < -0.39 is 0 Å². The first-order chi connectivity index (χ1) is 11.3. The summed E-state index contributed by atoms with van der Waals surface area (Å²) < 4.78 is 1.27. The van der Waals surface area contributed by atoms with Gasteiger partial charge in [-0.15, -0.1) is 11.3 Å². The highest BCUT2D eigenvalue weighted by Gasteiger charge is 2.27. The van der Waals surface area contributed by atoms with Gasteiger partial charge >= 0.3 is 0 Å². The third-order valence-corrected chi connectivity index (χ3v) is 6.18. The molecule has 122 valence electrons. The molecule has 0 aliphatic carbocycles. The molecule has 1 amide bonds. The van der Waals surface area contributed by atoms with Crippen molar-refractivity contribution < 1.29 is 4.79 Å². The molecule has 2 saturated heterocycles. The zero-order valence-electron chi connectivity index (χ0n) is 13.4. The van der Waals surface area contributed by atoms with Crippen molar-refractivity contribution in [3.05, 3.63) is 29.3 Å². The van der Waals surface area contributed by atoms with Crippen LogP contribution in [0.2, 0.25) is 0 Å². The van der Waals surface area contributed by atoms with Gasteiger partial charge < -0.3 is 4.90 Å². The maximum atomic E-state index is 12.4. The lowest BCUT2D eigenvalue weighted by Gasteiger charge is -2.32. The number of fused-ring (bicyclic) bond motifs is 1. The summed E-state index contributed by atoms with van der Waals surface area (Å²) in [4.78, 5) is 21.6. The standard InChI is InChI=1S/C18H23N3OS/c22-17(21-10-3-4-11-21)13-20-9-5-6-14(12-20)18-19-15-7-1-2-8-16(15)23-18/h1-2,7-8,14H,3-6,9-13H2/t14-/m1/s1. The van der Waals surface area contributed by atoms with Gasteiger partial charge in [-0.25, -0.2) is 4.98 Å². The summed E-state index contributed by atoms with van der Waals surface area (Å²) in [7, 11) is 0. The van der Waals surface area contributed by atoms with Crippen LogP contribution >= 0.6 is 11.3 Å². The smallest absolute Gasteiger partial charge is 0.236 e. The van der Waals surface area contributed by atoms with Gasteiger partial charge in [0.2, 0.25) is 5.91 Å².